The van der Waals surface area contributed by atoms with E-state index < -0.39 is 20.0 Å². The van der Waals surface area contributed by atoms with Crippen molar-refractivity contribution in [2.75, 3.05) is 40.9 Å². The van der Waals surface area contributed by atoms with E-state index in [1.807, 2.05) is 33.3 Å². The molecule has 470 valence electrons. The lowest BCUT2D eigenvalue weighted by Crippen LogP contribution is -2.47. The smallest absolute Gasteiger partial charge is 0.306 e. The van der Waals surface area contributed by atoms with Gasteiger partial charge in [-0.2, -0.15) is 0 Å². The minimum Gasteiger partial charge on any atom is -0.756 e. The van der Waals surface area contributed by atoms with E-state index in [2.05, 4.69) is 26.1 Å². The van der Waals surface area contributed by atoms with Gasteiger partial charge in [0.05, 0.1) is 33.8 Å². The second-order valence-corrected chi connectivity index (χ2v) is 26.8. The van der Waals surface area contributed by atoms with Crippen molar-refractivity contribution in [1.82, 2.24) is 5.32 Å². The molecular weight excluding hydrogens is 1000 g/mol. The number of allylic oxidation sites excluding steroid dienone is 1. The van der Waals surface area contributed by atoms with Crippen LogP contribution in [-0.4, -0.2) is 69.4 Å². The Hall–Kier alpha value is -1.25. The molecule has 10 heteroatoms. The number of quaternary nitrogens is 1. The maximum Gasteiger partial charge on any atom is 0.306 e. The van der Waals surface area contributed by atoms with Gasteiger partial charge in [-0.15, -0.1) is 0 Å². The fourth-order valence-electron chi connectivity index (χ4n) is 10.8. The van der Waals surface area contributed by atoms with Crippen molar-refractivity contribution in [3.05, 3.63) is 12.2 Å². The summed E-state index contributed by atoms with van der Waals surface area (Å²) in [6.45, 7) is 6.92. The minimum atomic E-state index is -4.69. The molecule has 3 unspecified atom stereocenters. The summed E-state index contributed by atoms with van der Waals surface area (Å²) in [5, 5.41) is 3.05. The SMILES string of the molecule is CCCCCCCCCCCCC/C=C\C(OC(=O)CCCCCCCCCCCCCCCCCCCCCCCCC)C(COP(=O)([O-])OCC[N+](C)(C)C)NC(=O)CCCCCCCCCCCCCCCCCCC. The van der Waals surface area contributed by atoms with E-state index in [9.17, 15) is 19.0 Å². The first-order valence-corrected chi connectivity index (χ1v) is 36.5. The van der Waals surface area contributed by atoms with Gasteiger partial charge in [-0.3, -0.25) is 14.2 Å². The first kappa shape index (κ1) is 77.8. The van der Waals surface area contributed by atoms with Gasteiger partial charge in [0.1, 0.15) is 19.3 Å². The predicted octanol–water partition coefficient (Wildman–Crippen LogP) is 21.3. The zero-order valence-corrected chi connectivity index (χ0v) is 54.8. The van der Waals surface area contributed by atoms with E-state index >= 15 is 0 Å². The summed E-state index contributed by atoms with van der Waals surface area (Å²) < 4.78 is 30.4. The van der Waals surface area contributed by atoms with Gasteiger partial charge in [0.25, 0.3) is 7.82 Å². The Bertz CT molecular complexity index is 1360. The molecule has 1 amide bonds. The van der Waals surface area contributed by atoms with Crippen molar-refractivity contribution in [3.8, 4) is 0 Å². The Kier molecular flexibility index (Phi) is 58.9. The van der Waals surface area contributed by atoms with E-state index in [-0.39, 0.29) is 31.5 Å². The molecule has 3 atom stereocenters. The maximum atomic E-state index is 13.6. The molecule has 0 saturated carbocycles. The summed E-state index contributed by atoms with van der Waals surface area (Å²) in [5.74, 6) is -0.513. The highest BCUT2D eigenvalue weighted by atomic mass is 31.2. The van der Waals surface area contributed by atoms with E-state index in [1.54, 1.807) is 0 Å². The molecule has 9 nitrogen and oxygen atoms in total. The van der Waals surface area contributed by atoms with Gasteiger partial charge in [-0.1, -0.05) is 335 Å². The number of ether oxygens (including phenoxy) is 1. The zero-order chi connectivity index (χ0) is 57.9. The number of likely N-dealkylation sites (N-methyl/N-ethyl adjacent to an activating group) is 1. The number of nitrogens with zero attached hydrogens (tertiary/aromatic N) is 1. The second kappa shape index (κ2) is 59.9. The molecule has 0 saturated heterocycles. The van der Waals surface area contributed by atoms with Gasteiger partial charge < -0.3 is 28.5 Å². The minimum absolute atomic E-state index is 0.0164. The first-order chi connectivity index (χ1) is 38.4. The number of carbonyl (C=O) groups is 2. The van der Waals surface area contributed by atoms with Crippen LogP contribution in [0.4, 0.5) is 0 Å². The molecule has 0 heterocycles. The van der Waals surface area contributed by atoms with Crippen LogP contribution in [0.2, 0.25) is 0 Å². The Morgan fingerprint density at radius 2 is 0.722 bits per heavy atom. The average molecular weight is 1140 g/mol. The van der Waals surface area contributed by atoms with Gasteiger partial charge in [-0.25, -0.2) is 0 Å². The number of carbonyl (C=O) groups excluding carboxylic acids is 2. The van der Waals surface area contributed by atoms with E-state index in [0.29, 0.717) is 17.4 Å². The largest absolute Gasteiger partial charge is 0.756 e. The molecule has 0 aliphatic carbocycles. The van der Waals surface area contributed by atoms with Crippen LogP contribution >= 0.6 is 7.82 Å². The molecule has 0 aromatic rings. The molecule has 0 radical (unpaired) electrons. The van der Waals surface area contributed by atoms with Gasteiger partial charge in [0.2, 0.25) is 5.91 Å². The summed E-state index contributed by atoms with van der Waals surface area (Å²) in [6.07, 6.45) is 70.4. The molecule has 0 aliphatic heterocycles. The maximum absolute atomic E-state index is 13.6. The van der Waals surface area contributed by atoms with Crippen molar-refractivity contribution in [3.63, 3.8) is 0 Å². The quantitative estimate of drug-likeness (QED) is 0.0212. The summed E-state index contributed by atoms with van der Waals surface area (Å²) >= 11 is 0. The molecule has 79 heavy (non-hydrogen) atoms. The topological polar surface area (TPSA) is 114 Å². The Morgan fingerprint density at radius 1 is 0.430 bits per heavy atom. The summed E-state index contributed by atoms with van der Waals surface area (Å²) in [7, 11) is 1.21. The zero-order valence-electron chi connectivity index (χ0n) is 53.9. The molecule has 0 rings (SSSR count). The van der Waals surface area contributed by atoms with Gasteiger partial charge >= 0.3 is 5.97 Å². The van der Waals surface area contributed by atoms with Gasteiger partial charge in [-0.05, 0) is 31.8 Å². The van der Waals surface area contributed by atoms with Crippen LogP contribution in [0.3, 0.4) is 0 Å². The van der Waals surface area contributed by atoms with E-state index in [0.717, 1.165) is 57.8 Å². The average Bonchev–Trinajstić information content (AvgIpc) is 3.41. The third-order valence-corrected chi connectivity index (χ3v) is 17.2. The highest BCUT2D eigenvalue weighted by Gasteiger charge is 2.27. The number of phosphoric ester groups is 1. The van der Waals surface area contributed by atoms with Gasteiger partial charge in [0, 0.05) is 12.8 Å². The van der Waals surface area contributed by atoms with Crippen LogP contribution in [0, 0.1) is 0 Å². The Labute approximate surface area is 492 Å². The van der Waals surface area contributed by atoms with Crippen molar-refractivity contribution in [2.45, 2.75) is 380 Å². The molecule has 0 spiro atoms. The van der Waals surface area contributed by atoms with Crippen LogP contribution in [0.15, 0.2) is 12.2 Å². The van der Waals surface area contributed by atoms with Crippen LogP contribution in [0.1, 0.15) is 367 Å². The molecule has 1 N–H and O–H groups in total. The van der Waals surface area contributed by atoms with Gasteiger partial charge in [0.15, 0.2) is 0 Å². The fourth-order valence-corrected chi connectivity index (χ4v) is 11.5. The standard InChI is InChI=1S/C69H137N2O7P/c1-7-10-13-16-19-22-25-28-30-32-33-34-35-36-37-39-41-44-47-50-53-56-59-62-69(73)78-67(60-57-54-51-48-45-42-27-24-21-18-15-12-9-3)66(65-77-79(74,75)76-64-63-71(4,5)6)70-68(72)61-58-55-52-49-46-43-40-38-31-29-26-23-20-17-14-11-8-2/h57,60,66-67H,7-56,58-59,61-65H2,1-6H3,(H-,70,72,74,75)/b60-57-. The molecule has 0 aromatic heterocycles. The van der Waals surface area contributed by atoms with Crippen LogP contribution < -0.4 is 10.2 Å². The third kappa shape index (κ3) is 61.1. The number of unbranched alkanes of at least 4 members (excludes halogenated alkanes) is 49. The lowest BCUT2D eigenvalue weighted by molar-refractivity contribution is -0.870. The summed E-state index contributed by atoms with van der Waals surface area (Å²) in [5.41, 5.74) is 0. The molecule has 0 bridgehead atoms. The third-order valence-electron chi connectivity index (χ3n) is 16.2. The number of phosphoric acid groups is 1. The number of hydrogen-bond acceptors (Lipinski definition) is 7. The highest BCUT2D eigenvalue weighted by molar-refractivity contribution is 7.45. The normalized spacial score (nSPS) is 13.6. The highest BCUT2D eigenvalue weighted by Crippen LogP contribution is 2.38. The summed E-state index contributed by atoms with van der Waals surface area (Å²) in [6, 6.07) is -0.880. The number of amides is 1. The second-order valence-electron chi connectivity index (χ2n) is 25.4. The van der Waals surface area contributed by atoms with Crippen molar-refractivity contribution < 1.29 is 37.3 Å². The first-order valence-electron chi connectivity index (χ1n) is 35.0. The van der Waals surface area contributed by atoms with Crippen molar-refractivity contribution in [1.29, 1.82) is 0 Å². The van der Waals surface area contributed by atoms with Crippen molar-refractivity contribution in [2.24, 2.45) is 0 Å². The monoisotopic (exact) mass is 1140 g/mol. The number of hydrogen-bond donors (Lipinski definition) is 1. The predicted molar refractivity (Wildman–Crippen MR) is 340 cm³/mol. The van der Waals surface area contributed by atoms with Crippen molar-refractivity contribution >= 4 is 19.7 Å². The number of rotatable bonds is 65. The Morgan fingerprint density at radius 3 is 1.04 bits per heavy atom. The van der Waals surface area contributed by atoms with Crippen LogP contribution in [0.25, 0.3) is 0 Å². The van der Waals surface area contributed by atoms with Crippen LogP contribution in [0.5, 0.6) is 0 Å². The molecule has 0 aliphatic rings. The lowest BCUT2D eigenvalue weighted by atomic mass is 10.0. The lowest BCUT2D eigenvalue weighted by Gasteiger charge is -2.30. The fraction of sp³-hybridized carbons (Fsp3) is 0.942. The molecular formula is C69H137N2O7P. The van der Waals surface area contributed by atoms with E-state index in [1.165, 1.54) is 276 Å². The molecule has 0 fully saturated rings. The summed E-state index contributed by atoms with van der Waals surface area (Å²) in [4.78, 5) is 40.1. The van der Waals surface area contributed by atoms with Crippen LogP contribution in [-0.2, 0) is 27.9 Å². The number of nitrogens with one attached hydrogen (secondary N) is 1. The number of esters is 1. The molecule has 0 aromatic carbocycles. The Balaban J connectivity index is 5.08. The van der Waals surface area contributed by atoms with E-state index in [4.69, 9.17) is 13.8 Å².